The average Bonchev–Trinajstić information content (AvgIpc) is 2.90. The third kappa shape index (κ3) is 4.63. The van der Waals surface area contributed by atoms with Crippen molar-refractivity contribution in [2.24, 2.45) is 11.3 Å². The molecule has 5 heteroatoms. The Balaban J connectivity index is 1.66. The molecule has 0 N–H and O–H groups in total. The van der Waals surface area contributed by atoms with Crippen molar-refractivity contribution in [1.29, 1.82) is 0 Å². The fourth-order valence-corrected chi connectivity index (χ4v) is 7.57. The molecular weight excluding hydrogens is 494 g/mol. The van der Waals surface area contributed by atoms with E-state index in [2.05, 4.69) is 103 Å². The minimum absolute atomic E-state index is 0.244. The van der Waals surface area contributed by atoms with Gasteiger partial charge in [0, 0.05) is 0 Å². The average molecular weight is 523 g/mol. The Kier molecular flexibility index (Phi) is 5.91. The van der Waals surface area contributed by atoms with Gasteiger partial charge in [-0.25, -0.2) is 0 Å². The SMILES string of the molecule is CC(COP1(=[Se])Oc2ccc3ccccc3c2-c2c(ccc3ccccc23)O1)CC(C)(C)C. The van der Waals surface area contributed by atoms with Gasteiger partial charge in [-0.3, -0.25) is 0 Å². The van der Waals surface area contributed by atoms with Crippen LogP contribution in [-0.4, -0.2) is 21.7 Å². The van der Waals surface area contributed by atoms with Crippen LogP contribution in [0.1, 0.15) is 34.1 Å². The molecule has 5 rings (SSSR count). The van der Waals surface area contributed by atoms with Gasteiger partial charge in [-0.15, -0.1) is 0 Å². The molecule has 4 aromatic rings. The first-order valence-corrected chi connectivity index (χ1v) is 15.2. The molecule has 0 bridgehead atoms. The molecule has 0 aliphatic carbocycles. The van der Waals surface area contributed by atoms with Gasteiger partial charge in [0.1, 0.15) is 0 Å². The van der Waals surface area contributed by atoms with Gasteiger partial charge in [0.2, 0.25) is 0 Å². The fourth-order valence-electron chi connectivity index (χ4n) is 4.81. The summed E-state index contributed by atoms with van der Waals surface area (Å²) < 4.78 is 19.6. The summed E-state index contributed by atoms with van der Waals surface area (Å²) in [5.41, 5.74) is 2.36. The summed E-state index contributed by atoms with van der Waals surface area (Å²) in [6.07, 6.45) is -1.71. The van der Waals surface area contributed by atoms with E-state index in [1.165, 1.54) is 10.8 Å². The van der Waals surface area contributed by atoms with Gasteiger partial charge < -0.3 is 0 Å². The number of hydrogen-bond acceptors (Lipinski definition) is 3. The molecular formula is C28H29O3PSe. The molecule has 1 atom stereocenters. The normalized spacial score (nSPS) is 15.8. The third-order valence-corrected chi connectivity index (χ3v) is 8.84. The van der Waals surface area contributed by atoms with Crippen molar-refractivity contribution in [3.8, 4) is 22.6 Å². The van der Waals surface area contributed by atoms with Crippen molar-refractivity contribution in [3.63, 3.8) is 0 Å². The van der Waals surface area contributed by atoms with Crippen LogP contribution in [0.4, 0.5) is 0 Å². The number of fused-ring (bicyclic) bond motifs is 7. The van der Waals surface area contributed by atoms with Crippen LogP contribution in [0.25, 0.3) is 32.7 Å². The van der Waals surface area contributed by atoms with Crippen molar-refractivity contribution in [1.82, 2.24) is 0 Å². The summed E-state index contributed by atoms with van der Waals surface area (Å²) in [7, 11) is 0. The van der Waals surface area contributed by atoms with E-state index in [9.17, 15) is 0 Å². The Morgan fingerprint density at radius 1 is 0.788 bits per heavy atom. The summed E-state index contributed by atoms with van der Waals surface area (Å²) >= 11 is 3.17. The number of benzene rings is 4. The van der Waals surface area contributed by atoms with Crippen LogP contribution in [0.5, 0.6) is 11.5 Å². The van der Waals surface area contributed by atoms with E-state index in [1.807, 2.05) is 12.1 Å². The Bertz CT molecular complexity index is 1300. The molecule has 33 heavy (non-hydrogen) atoms. The van der Waals surface area contributed by atoms with Gasteiger partial charge in [0.15, 0.2) is 0 Å². The van der Waals surface area contributed by atoms with E-state index in [0.717, 1.165) is 39.8 Å². The predicted molar refractivity (Wildman–Crippen MR) is 140 cm³/mol. The molecule has 1 aliphatic rings. The topological polar surface area (TPSA) is 27.7 Å². The minimum atomic E-state index is -2.77. The maximum atomic E-state index is 6.58. The van der Waals surface area contributed by atoms with Crippen LogP contribution in [0.15, 0.2) is 72.8 Å². The van der Waals surface area contributed by atoms with E-state index in [4.69, 9.17) is 13.6 Å². The van der Waals surface area contributed by atoms with Crippen LogP contribution in [0.2, 0.25) is 0 Å². The molecule has 1 aliphatic heterocycles. The molecule has 170 valence electrons. The Labute approximate surface area is 203 Å². The molecule has 1 unspecified atom stereocenters. The van der Waals surface area contributed by atoms with Gasteiger partial charge in [-0.05, 0) is 0 Å². The van der Waals surface area contributed by atoms with Crippen molar-refractivity contribution in [3.05, 3.63) is 72.8 Å². The summed E-state index contributed by atoms with van der Waals surface area (Å²) in [6, 6.07) is 25.2. The Morgan fingerprint density at radius 2 is 1.27 bits per heavy atom. The summed E-state index contributed by atoms with van der Waals surface area (Å²) in [5.74, 6) is 1.97. The quantitative estimate of drug-likeness (QED) is 0.199. The van der Waals surface area contributed by atoms with Gasteiger partial charge in [-0.2, -0.15) is 0 Å². The first-order valence-electron chi connectivity index (χ1n) is 11.4. The first kappa shape index (κ1) is 22.7. The van der Waals surface area contributed by atoms with E-state index in [0.29, 0.717) is 12.5 Å². The second-order valence-electron chi connectivity index (χ2n) is 10.1. The third-order valence-electron chi connectivity index (χ3n) is 5.93. The first-order chi connectivity index (χ1) is 15.7. The molecule has 0 radical (unpaired) electrons. The van der Waals surface area contributed by atoms with Crippen LogP contribution >= 0.6 is 6.19 Å². The van der Waals surface area contributed by atoms with E-state index in [1.54, 1.807) is 0 Å². The number of hydrogen-bond donors (Lipinski definition) is 0. The molecule has 3 nitrogen and oxygen atoms in total. The van der Waals surface area contributed by atoms with Crippen LogP contribution in [0, 0.1) is 11.3 Å². The standard InChI is InChI=1S/C28H29O3PSe/c1-19(17-28(2,3)4)18-29-32(33)30-24-15-13-20-9-5-7-11-22(20)26(24)27-23-12-8-6-10-21(23)14-16-25(27)31-32/h5-16,19H,17-18H2,1-4H3. The molecule has 0 fully saturated rings. The van der Waals surface area contributed by atoms with E-state index >= 15 is 0 Å². The van der Waals surface area contributed by atoms with Crippen LogP contribution in [0.3, 0.4) is 0 Å². The zero-order valence-electron chi connectivity index (χ0n) is 19.5. The van der Waals surface area contributed by atoms with Crippen LogP contribution < -0.4 is 9.05 Å². The monoisotopic (exact) mass is 524 g/mol. The second-order valence-corrected chi connectivity index (χ2v) is 14.4. The zero-order chi connectivity index (χ0) is 23.2. The summed E-state index contributed by atoms with van der Waals surface area (Å²) in [6.45, 7) is 9.57. The van der Waals surface area contributed by atoms with Gasteiger partial charge in [0.25, 0.3) is 0 Å². The van der Waals surface area contributed by atoms with Gasteiger partial charge >= 0.3 is 204 Å². The van der Waals surface area contributed by atoms with Gasteiger partial charge in [-0.1, -0.05) is 0 Å². The predicted octanol–water partition coefficient (Wildman–Crippen LogP) is 8.37. The molecule has 0 aromatic heterocycles. The molecule has 0 saturated carbocycles. The molecule has 1 heterocycles. The van der Waals surface area contributed by atoms with E-state index < -0.39 is 6.19 Å². The maximum absolute atomic E-state index is 6.58. The Hall–Kier alpha value is -2.09. The molecule has 0 saturated heterocycles. The van der Waals surface area contributed by atoms with Gasteiger partial charge in [0.05, 0.1) is 0 Å². The molecule has 0 amide bonds. The van der Waals surface area contributed by atoms with Crippen molar-refractivity contribution < 1.29 is 13.6 Å². The summed E-state index contributed by atoms with van der Waals surface area (Å²) in [4.78, 5) is 0. The number of rotatable bonds is 4. The Morgan fingerprint density at radius 3 is 1.76 bits per heavy atom. The van der Waals surface area contributed by atoms with Crippen molar-refractivity contribution in [2.45, 2.75) is 34.1 Å². The fraction of sp³-hybridized carbons (Fsp3) is 0.286. The van der Waals surface area contributed by atoms with Crippen molar-refractivity contribution >= 4 is 42.8 Å². The molecule has 4 aromatic carbocycles. The zero-order valence-corrected chi connectivity index (χ0v) is 22.1. The second kappa shape index (κ2) is 8.60. The van der Waals surface area contributed by atoms with Crippen molar-refractivity contribution in [2.75, 3.05) is 6.61 Å². The summed E-state index contributed by atoms with van der Waals surface area (Å²) in [5, 5.41) is 4.63. The molecule has 0 spiro atoms. The van der Waals surface area contributed by atoms with Crippen LogP contribution in [-0.2, 0) is 4.52 Å². The van der Waals surface area contributed by atoms with E-state index in [-0.39, 0.29) is 5.41 Å².